The molecule has 4 atom stereocenters. The van der Waals surface area contributed by atoms with Crippen LogP contribution in [0.1, 0.15) is 44.9 Å². The smallest absolute Gasteiger partial charge is 0.100 e. The van der Waals surface area contributed by atoms with E-state index in [4.69, 9.17) is 0 Å². The van der Waals surface area contributed by atoms with Crippen LogP contribution < -0.4 is 0 Å². The Morgan fingerprint density at radius 3 is 2.50 bits per heavy atom. The predicted molar refractivity (Wildman–Crippen MR) is 70.1 cm³/mol. The second kappa shape index (κ2) is 5.09. The molecule has 0 aromatic heterocycles. The van der Waals surface area contributed by atoms with Gasteiger partial charge < -0.3 is 10.0 Å². The van der Waals surface area contributed by atoms with Crippen LogP contribution in [-0.2, 0) is 0 Å². The summed E-state index contributed by atoms with van der Waals surface area (Å²) >= 11 is 0. The van der Waals surface area contributed by atoms with Crippen molar-refractivity contribution in [2.45, 2.75) is 63.2 Å². The molecular formula is C15H26FNO. The molecule has 2 saturated heterocycles. The predicted octanol–water partition coefficient (Wildman–Crippen LogP) is 2.61. The van der Waals surface area contributed by atoms with Crippen molar-refractivity contribution in [1.82, 2.24) is 4.90 Å². The minimum absolute atomic E-state index is 0.321. The van der Waals surface area contributed by atoms with Gasteiger partial charge in [-0.25, -0.2) is 4.39 Å². The van der Waals surface area contributed by atoms with Gasteiger partial charge in [-0.2, -0.15) is 0 Å². The van der Waals surface area contributed by atoms with Crippen LogP contribution in [0.2, 0.25) is 0 Å². The largest absolute Gasteiger partial charge is 0.396 e. The Morgan fingerprint density at radius 2 is 1.83 bits per heavy atom. The molecule has 1 aliphatic carbocycles. The monoisotopic (exact) mass is 255 g/mol. The second-order valence-electron chi connectivity index (χ2n) is 6.72. The highest BCUT2D eigenvalue weighted by Crippen LogP contribution is 2.47. The third-order valence-electron chi connectivity index (χ3n) is 6.00. The van der Waals surface area contributed by atoms with E-state index >= 15 is 0 Å². The van der Waals surface area contributed by atoms with Crippen LogP contribution in [0.3, 0.4) is 0 Å². The molecule has 2 bridgehead atoms. The van der Waals surface area contributed by atoms with Gasteiger partial charge in [-0.1, -0.05) is 0 Å². The first kappa shape index (κ1) is 12.9. The molecule has 3 aliphatic rings. The highest BCUT2D eigenvalue weighted by molar-refractivity contribution is 5.00. The van der Waals surface area contributed by atoms with Crippen molar-refractivity contribution in [3.05, 3.63) is 0 Å². The molecule has 2 unspecified atom stereocenters. The Hall–Kier alpha value is -0.150. The van der Waals surface area contributed by atoms with E-state index < -0.39 is 6.17 Å². The molecule has 1 saturated carbocycles. The van der Waals surface area contributed by atoms with Gasteiger partial charge in [0.25, 0.3) is 0 Å². The topological polar surface area (TPSA) is 23.5 Å². The van der Waals surface area contributed by atoms with E-state index in [2.05, 4.69) is 11.9 Å². The SMILES string of the molecule is CN1C2CC[C@@H]1C[C@H](C1CCC(F)CC1)C2CO. The van der Waals surface area contributed by atoms with Gasteiger partial charge in [-0.3, -0.25) is 0 Å². The zero-order chi connectivity index (χ0) is 12.7. The summed E-state index contributed by atoms with van der Waals surface area (Å²) in [6.45, 7) is 0.321. The standard InChI is InChI=1S/C15H26FNO/c1-17-12-6-7-15(17)14(9-18)13(8-12)10-2-4-11(16)5-3-10/h10-15,18H,2-9H2,1H3/t10?,11?,12-,13-,14?,15?/m1/s1. The average Bonchev–Trinajstić information content (AvgIpc) is 2.63. The van der Waals surface area contributed by atoms with Crippen molar-refractivity contribution >= 4 is 0 Å². The minimum atomic E-state index is -0.559. The maximum Gasteiger partial charge on any atom is 0.100 e. The Labute approximate surface area is 110 Å². The zero-order valence-electron chi connectivity index (χ0n) is 11.4. The van der Waals surface area contributed by atoms with Crippen molar-refractivity contribution in [1.29, 1.82) is 0 Å². The fraction of sp³-hybridized carbons (Fsp3) is 1.00. The van der Waals surface area contributed by atoms with Gasteiger partial charge in [0.1, 0.15) is 6.17 Å². The summed E-state index contributed by atoms with van der Waals surface area (Å²) in [5.74, 6) is 1.76. The van der Waals surface area contributed by atoms with Crippen LogP contribution in [0.4, 0.5) is 4.39 Å². The Kier molecular flexibility index (Phi) is 3.63. The molecule has 2 heterocycles. The summed E-state index contributed by atoms with van der Waals surface area (Å²) in [6, 6.07) is 1.31. The number of aliphatic hydroxyl groups is 1. The summed E-state index contributed by atoms with van der Waals surface area (Å²) in [6.07, 6.45) is 6.83. The minimum Gasteiger partial charge on any atom is -0.396 e. The van der Waals surface area contributed by atoms with Gasteiger partial charge in [0.15, 0.2) is 0 Å². The summed E-state index contributed by atoms with van der Waals surface area (Å²) in [5.41, 5.74) is 0. The third-order valence-corrected chi connectivity index (χ3v) is 6.00. The normalized spacial score (nSPS) is 49.5. The molecule has 1 N–H and O–H groups in total. The van der Waals surface area contributed by atoms with Crippen molar-refractivity contribution < 1.29 is 9.50 Å². The maximum absolute atomic E-state index is 13.3. The number of piperidine rings is 1. The van der Waals surface area contributed by atoms with Crippen molar-refractivity contribution in [3.63, 3.8) is 0 Å². The molecular weight excluding hydrogens is 229 g/mol. The second-order valence-corrected chi connectivity index (χ2v) is 6.72. The van der Waals surface area contributed by atoms with Crippen molar-refractivity contribution in [2.75, 3.05) is 13.7 Å². The number of nitrogens with zero attached hydrogens (tertiary/aromatic N) is 1. The highest BCUT2D eigenvalue weighted by atomic mass is 19.1. The molecule has 3 fully saturated rings. The van der Waals surface area contributed by atoms with E-state index in [9.17, 15) is 9.50 Å². The first-order chi connectivity index (χ1) is 8.70. The quantitative estimate of drug-likeness (QED) is 0.820. The molecule has 18 heavy (non-hydrogen) atoms. The van der Waals surface area contributed by atoms with Gasteiger partial charge in [0.05, 0.1) is 0 Å². The van der Waals surface area contributed by atoms with Gasteiger partial charge in [0, 0.05) is 24.6 Å². The highest BCUT2D eigenvalue weighted by Gasteiger charge is 2.47. The lowest BCUT2D eigenvalue weighted by Gasteiger charge is -2.46. The third kappa shape index (κ3) is 2.09. The summed E-state index contributed by atoms with van der Waals surface area (Å²) < 4.78 is 13.3. The van der Waals surface area contributed by atoms with Gasteiger partial charge in [-0.15, -0.1) is 0 Å². The fourth-order valence-electron chi connectivity index (χ4n) is 4.92. The number of halogens is 1. The number of aliphatic hydroxyl groups excluding tert-OH is 1. The van der Waals surface area contributed by atoms with E-state index in [1.165, 1.54) is 19.3 Å². The number of alkyl halides is 1. The molecule has 0 aromatic carbocycles. The summed E-state index contributed by atoms with van der Waals surface area (Å²) in [5, 5.41) is 9.78. The number of fused-ring (bicyclic) bond motifs is 2. The van der Waals surface area contributed by atoms with Crippen LogP contribution in [0.25, 0.3) is 0 Å². The van der Waals surface area contributed by atoms with E-state index in [0.717, 1.165) is 31.7 Å². The Bertz CT molecular complexity index is 290. The van der Waals surface area contributed by atoms with Crippen LogP contribution in [-0.4, -0.2) is 41.9 Å². The lowest BCUT2D eigenvalue weighted by atomic mass is 9.68. The molecule has 2 nitrogen and oxygen atoms in total. The van der Waals surface area contributed by atoms with Gasteiger partial charge in [-0.05, 0) is 63.8 Å². The maximum atomic E-state index is 13.3. The van der Waals surface area contributed by atoms with E-state index in [0.29, 0.717) is 30.4 Å². The number of rotatable bonds is 2. The van der Waals surface area contributed by atoms with Crippen molar-refractivity contribution in [2.24, 2.45) is 17.8 Å². The fourth-order valence-corrected chi connectivity index (χ4v) is 4.92. The molecule has 3 heteroatoms. The zero-order valence-corrected chi connectivity index (χ0v) is 11.4. The van der Waals surface area contributed by atoms with E-state index in [1.54, 1.807) is 0 Å². The van der Waals surface area contributed by atoms with Crippen LogP contribution in [0, 0.1) is 17.8 Å². The van der Waals surface area contributed by atoms with Crippen LogP contribution in [0.5, 0.6) is 0 Å². The average molecular weight is 255 g/mol. The molecule has 0 radical (unpaired) electrons. The molecule has 3 rings (SSSR count). The molecule has 104 valence electrons. The molecule has 0 amide bonds. The van der Waals surface area contributed by atoms with Gasteiger partial charge in [0.2, 0.25) is 0 Å². The first-order valence-electron chi connectivity index (χ1n) is 7.67. The molecule has 0 spiro atoms. The number of hydrogen-bond donors (Lipinski definition) is 1. The van der Waals surface area contributed by atoms with Gasteiger partial charge >= 0.3 is 0 Å². The molecule has 0 aromatic rings. The van der Waals surface area contributed by atoms with Crippen LogP contribution >= 0.6 is 0 Å². The van der Waals surface area contributed by atoms with Crippen LogP contribution in [0.15, 0.2) is 0 Å². The van der Waals surface area contributed by atoms with Crippen molar-refractivity contribution in [3.8, 4) is 0 Å². The Morgan fingerprint density at radius 1 is 1.11 bits per heavy atom. The summed E-state index contributed by atoms with van der Waals surface area (Å²) in [7, 11) is 2.22. The van der Waals surface area contributed by atoms with E-state index in [-0.39, 0.29) is 0 Å². The summed E-state index contributed by atoms with van der Waals surface area (Å²) in [4.78, 5) is 2.50. The lowest BCUT2D eigenvalue weighted by Crippen LogP contribution is -2.50. The Balaban J connectivity index is 1.71. The lowest BCUT2D eigenvalue weighted by molar-refractivity contribution is -0.00765. The first-order valence-corrected chi connectivity index (χ1v) is 7.67. The van der Waals surface area contributed by atoms with E-state index in [1.807, 2.05) is 0 Å². The molecule has 2 aliphatic heterocycles. The number of hydrogen-bond acceptors (Lipinski definition) is 2.